The van der Waals surface area contributed by atoms with E-state index in [2.05, 4.69) is 31.2 Å². The van der Waals surface area contributed by atoms with Gasteiger partial charge in [0, 0.05) is 43.5 Å². The Morgan fingerprint density at radius 2 is 2.10 bits per heavy atom. The first kappa shape index (κ1) is 23.5. The Balaban J connectivity index is 1.72. The van der Waals surface area contributed by atoms with Crippen molar-refractivity contribution < 1.29 is 18.3 Å². The van der Waals surface area contributed by atoms with Crippen molar-refractivity contribution >= 4 is 22.0 Å². The number of alkyl carbamates (subject to hydrolysis) is 1. The molecule has 0 radical (unpaired) electrons. The quantitative estimate of drug-likeness (QED) is 0.606. The zero-order valence-corrected chi connectivity index (χ0v) is 19.7. The number of likely N-dealkylation sites (tertiary alicyclic amines) is 1. The van der Waals surface area contributed by atoms with Gasteiger partial charge in [-0.05, 0) is 73.5 Å². The van der Waals surface area contributed by atoms with Gasteiger partial charge < -0.3 is 10.1 Å². The summed E-state index contributed by atoms with van der Waals surface area (Å²) in [6, 6.07) is 6.34. The van der Waals surface area contributed by atoms with E-state index in [1.807, 2.05) is 36.1 Å². The van der Waals surface area contributed by atoms with E-state index in [4.69, 9.17) is 4.74 Å². The predicted molar refractivity (Wildman–Crippen MR) is 118 cm³/mol. The number of piperidine rings is 1. The van der Waals surface area contributed by atoms with E-state index in [1.165, 1.54) is 0 Å². The number of alkyl halides is 2. The third-order valence-corrected chi connectivity index (χ3v) is 5.28. The van der Waals surface area contributed by atoms with E-state index < -0.39 is 23.7 Å². The van der Waals surface area contributed by atoms with Gasteiger partial charge in [0.2, 0.25) is 0 Å². The minimum Gasteiger partial charge on any atom is -0.444 e. The minimum absolute atomic E-state index is 0.0214. The molecule has 1 amide bonds. The number of ether oxygens (including phenoxy) is 1. The molecule has 2 aromatic heterocycles. The molecule has 6 nitrogen and oxygen atoms in total. The smallest absolute Gasteiger partial charge is 0.408 e. The summed E-state index contributed by atoms with van der Waals surface area (Å²) in [5, 5.41) is 2.35. The number of nitrogens with zero attached hydrogens (tertiary/aromatic N) is 3. The molecule has 3 heterocycles. The van der Waals surface area contributed by atoms with E-state index in [0.717, 1.165) is 22.5 Å². The fraction of sp³-hybridized carbons (Fsp3) is 0.500. The maximum Gasteiger partial charge on any atom is 0.408 e. The van der Waals surface area contributed by atoms with Gasteiger partial charge in [0.25, 0.3) is 5.92 Å². The molecule has 1 fully saturated rings. The number of nitrogens with one attached hydrogen (secondary N) is 1. The molecule has 1 atom stereocenters. The summed E-state index contributed by atoms with van der Waals surface area (Å²) in [6.45, 7) is 7.70. The van der Waals surface area contributed by atoms with Crippen LogP contribution in [0.25, 0.3) is 11.3 Å². The van der Waals surface area contributed by atoms with E-state index in [9.17, 15) is 13.6 Å². The van der Waals surface area contributed by atoms with Crippen LogP contribution in [0.3, 0.4) is 0 Å². The molecule has 1 aliphatic heterocycles. The Kier molecular flexibility index (Phi) is 6.95. The van der Waals surface area contributed by atoms with Crippen LogP contribution < -0.4 is 5.32 Å². The third kappa shape index (κ3) is 6.67. The molecule has 1 N–H and O–H groups in total. The third-order valence-electron chi connectivity index (χ3n) is 4.87. The molecule has 2 aromatic rings. The summed E-state index contributed by atoms with van der Waals surface area (Å²) in [5.74, 6) is -3.00. The maximum absolute atomic E-state index is 14.4. The first-order valence-corrected chi connectivity index (χ1v) is 10.9. The summed E-state index contributed by atoms with van der Waals surface area (Å²) in [6.07, 6.45) is 0.588. The van der Waals surface area contributed by atoms with Gasteiger partial charge in [-0.1, -0.05) is 0 Å². The van der Waals surface area contributed by atoms with Gasteiger partial charge in [0.15, 0.2) is 0 Å². The lowest BCUT2D eigenvalue weighted by Crippen LogP contribution is -2.58. The second kappa shape index (κ2) is 9.16. The van der Waals surface area contributed by atoms with Crippen LogP contribution in [0, 0.1) is 6.92 Å². The van der Waals surface area contributed by atoms with Crippen LogP contribution >= 0.6 is 15.9 Å². The fourth-order valence-electron chi connectivity index (χ4n) is 3.38. The second-order valence-electron chi connectivity index (χ2n) is 8.82. The summed E-state index contributed by atoms with van der Waals surface area (Å²) in [5.41, 5.74) is 2.72. The molecule has 0 aliphatic carbocycles. The zero-order chi connectivity index (χ0) is 22.8. The summed E-state index contributed by atoms with van der Waals surface area (Å²) < 4.78 is 34.7. The number of carbonyl (C=O) groups excluding carboxylic acids is 1. The number of amides is 1. The molecule has 0 spiro atoms. The molecule has 0 bridgehead atoms. The number of pyridine rings is 2. The first-order chi connectivity index (χ1) is 14.4. The maximum atomic E-state index is 14.4. The molecule has 0 unspecified atom stereocenters. The molecule has 168 valence electrons. The normalized spacial score (nSPS) is 19.1. The number of carbonyl (C=O) groups is 1. The minimum atomic E-state index is -3.00. The lowest BCUT2D eigenvalue weighted by molar-refractivity contribution is -0.0859. The van der Waals surface area contributed by atoms with Crippen LogP contribution in [0.5, 0.6) is 0 Å². The van der Waals surface area contributed by atoms with Crippen molar-refractivity contribution in [2.24, 2.45) is 0 Å². The molecule has 1 aliphatic rings. The van der Waals surface area contributed by atoms with Crippen molar-refractivity contribution in [1.82, 2.24) is 20.2 Å². The number of aryl methyl sites for hydroxylation is 1. The van der Waals surface area contributed by atoms with Crippen LogP contribution in [-0.2, 0) is 11.3 Å². The van der Waals surface area contributed by atoms with Gasteiger partial charge in [0.1, 0.15) is 16.2 Å². The van der Waals surface area contributed by atoms with Crippen molar-refractivity contribution in [2.45, 2.75) is 58.2 Å². The standard InChI is InChI=1S/C22H27BrF2N4O2/c1-14-5-6-16(11-26-14)17-9-15(10-19(23)27-17)12-29-8-7-22(24,25)18(13-29)28-20(30)31-21(2,3)4/h5-6,9-11,18H,7-8,12-13H2,1-4H3,(H,28,30)/t18-/m1/s1. The zero-order valence-electron chi connectivity index (χ0n) is 18.1. The summed E-state index contributed by atoms with van der Waals surface area (Å²) in [4.78, 5) is 22.8. The van der Waals surface area contributed by atoms with Gasteiger partial charge in [-0.25, -0.2) is 18.6 Å². The van der Waals surface area contributed by atoms with Gasteiger partial charge in [-0.15, -0.1) is 0 Å². The van der Waals surface area contributed by atoms with Crippen molar-refractivity contribution in [3.05, 3.63) is 46.3 Å². The topological polar surface area (TPSA) is 67.4 Å². The van der Waals surface area contributed by atoms with Gasteiger partial charge in [0.05, 0.1) is 5.69 Å². The number of aromatic nitrogens is 2. The van der Waals surface area contributed by atoms with E-state index in [0.29, 0.717) is 11.1 Å². The van der Waals surface area contributed by atoms with Crippen LogP contribution in [0.4, 0.5) is 13.6 Å². The molecule has 31 heavy (non-hydrogen) atoms. The lowest BCUT2D eigenvalue weighted by Gasteiger charge is -2.38. The Bertz CT molecular complexity index is 932. The van der Waals surface area contributed by atoms with Crippen molar-refractivity contribution in [1.29, 1.82) is 0 Å². The molecule has 0 saturated carbocycles. The Hall–Kier alpha value is -2.13. The fourth-order valence-corrected chi connectivity index (χ4v) is 3.86. The molecule has 1 saturated heterocycles. The van der Waals surface area contributed by atoms with Gasteiger partial charge in [-0.3, -0.25) is 9.88 Å². The first-order valence-electron chi connectivity index (χ1n) is 10.1. The average molecular weight is 497 g/mol. The molecule has 9 heteroatoms. The number of halogens is 3. The van der Waals surface area contributed by atoms with Crippen molar-refractivity contribution in [3.8, 4) is 11.3 Å². The van der Waals surface area contributed by atoms with E-state index in [1.54, 1.807) is 27.0 Å². The summed E-state index contributed by atoms with van der Waals surface area (Å²) in [7, 11) is 0. The Morgan fingerprint density at radius 3 is 2.74 bits per heavy atom. The number of rotatable bonds is 4. The highest BCUT2D eigenvalue weighted by molar-refractivity contribution is 9.10. The Morgan fingerprint density at radius 1 is 1.35 bits per heavy atom. The predicted octanol–water partition coefficient (Wildman–Crippen LogP) is 4.95. The monoisotopic (exact) mass is 496 g/mol. The molecule has 0 aromatic carbocycles. The SMILES string of the molecule is Cc1ccc(-c2cc(CN3CCC(F)(F)[C@H](NC(=O)OC(C)(C)C)C3)cc(Br)n2)cn1. The van der Waals surface area contributed by atoms with Gasteiger partial charge in [-0.2, -0.15) is 0 Å². The number of hydrogen-bond acceptors (Lipinski definition) is 5. The van der Waals surface area contributed by atoms with E-state index in [-0.39, 0.29) is 19.5 Å². The van der Waals surface area contributed by atoms with Crippen LogP contribution in [0.1, 0.15) is 38.4 Å². The lowest BCUT2D eigenvalue weighted by atomic mass is 10.00. The van der Waals surface area contributed by atoms with Crippen LogP contribution in [0.2, 0.25) is 0 Å². The largest absolute Gasteiger partial charge is 0.444 e. The highest BCUT2D eigenvalue weighted by atomic mass is 79.9. The molecule has 3 rings (SSSR count). The summed E-state index contributed by atoms with van der Waals surface area (Å²) >= 11 is 3.44. The molecular weight excluding hydrogens is 470 g/mol. The Labute approximate surface area is 189 Å². The number of hydrogen-bond donors (Lipinski definition) is 1. The van der Waals surface area contributed by atoms with Gasteiger partial charge >= 0.3 is 6.09 Å². The highest BCUT2D eigenvalue weighted by Crippen LogP contribution is 2.30. The van der Waals surface area contributed by atoms with Crippen LogP contribution in [-0.4, -0.2) is 51.6 Å². The highest BCUT2D eigenvalue weighted by Gasteiger charge is 2.45. The van der Waals surface area contributed by atoms with Crippen molar-refractivity contribution in [3.63, 3.8) is 0 Å². The van der Waals surface area contributed by atoms with E-state index >= 15 is 0 Å². The molecular formula is C22H27BrF2N4O2. The van der Waals surface area contributed by atoms with Crippen LogP contribution in [0.15, 0.2) is 35.1 Å². The second-order valence-corrected chi connectivity index (χ2v) is 9.63. The van der Waals surface area contributed by atoms with Crippen molar-refractivity contribution in [2.75, 3.05) is 13.1 Å². The average Bonchev–Trinajstić information content (AvgIpc) is 2.63.